The molecule has 24 heavy (non-hydrogen) atoms. The third kappa shape index (κ3) is 3.19. The summed E-state index contributed by atoms with van der Waals surface area (Å²) in [7, 11) is 0. The highest BCUT2D eigenvalue weighted by molar-refractivity contribution is 7.22. The molecule has 0 saturated carbocycles. The van der Waals surface area contributed by atoms with Crippen molar-refractivity contribution < 1.29 is 0 Å². The number of likely N-dealkylation sites (tertiary alicyclic amines) is 1. The van der Waals surface area contributed by atoms with Gasteiger partial charge in [0.1, 0.15) is 6.07 Å². The molecular formula is C20H19N3S. The summed E-state index contributed by atoms with van der Waals surface area (Å²) in [5.74, 6) is 0. The largest absolute Gasteiger partial charge is 0.299 e. The number of hydrogen-bond acceptors (Lipinski definition) is 4. The molecule has 1 aliphatic rings. The smallest absolute Gasteiger partial charge is 0.101 e. The first-order valence-electron chi connectivity index (χ1n) is 8.43. The second-order valence-electron chi connectivity index (χ2n) is 6.36. The van der Waals surface area contributed by atoms with Crippen LogP contribution in [0, 0.1) is 11.3 Å². The minimum absolute atomic E-state index is 0.618. The lowest BCUT2D eigenvalue weighted by atomic mass is 10.1. The molecule has 0 N–H and O–H groups in total. The molecule has 3 nitrogen and oxygen atoms in total. The normalized spacial score (nSPS) is 15.5. The third-order valence-corrected chi connectivity index (χ3v) is 5.71. The topological polar surface area (TPSA) is 39.9 Å². The molecule has 4 heteroatoms. The highest BCUT2D eigenvalue weighted by Crippen LogP contribution is 2.33. The van der Waals surface area contributed by atoms with Gasteiger partial charge in [-0.25, -0.2) is 0 Å². The minimum atomic E-state index is 0.618. The van der Waals surface area contributed by atoms with Crippen LogP contribution in [0.2, 0.25) is 0 Å². The molecular weight excluding hydrogens is 314 g/mol. The van der Waals surface area contributed by atoms with E-state index in [0.717, 1.165) is 16.8 Å². The maximum atomic E-state index is 9.00. The van der Waals surface area contributed by atoms with Gasteiger partial charge in [0.25, 0.3) is 0 Å². The monoisotopic (exact) mass is 333 g/mol. The average Bonchev–Trinajstić information content (AvgIpc) is 3.06. The number of nitriles is 1. The molecule has 0 radical (unpaired) electrons. The molecule has 0 spiro atoms. The fourth-order valence-corrected chi connectivity index (χ4v) is 4.33. The molecule has 120 valence electrons. The van der Waals surface area contributed by atoms with Crippen molar-refractivity contribution in [2.45, 2.75) is 25.8 Å². The number of thiophene rings is 1. The van der Waals surface area contributed by atoms with Crippen molar-refractivity contribution in [2.75, 3.05) is 13.1 Å². The highest BCUT2D eigenvalue weighted by atomic mass is 32.1. The van der Waals surface area contributed by atoms with Gasteiger partial charge in [-0.3, -0.25) is 9.88 Å². The summed E-state index contributed by atoms with van der Waals surface area (Å²) in [6.45, 7) is 3.51. The van der Waals surface area contributed by atoms with E-state index in [9.17, 15) is 0 Å². The Labute approximate surface area is 146 Å². The molecule has 1 aromatic carbocycles. The van der Waals surface area contributed by atoms with Crippen molar-refractivity contribution in [3.05, 3.63) is 53.7 Å². The molecule has 1 fully saturated rings. The summed E-state index contributed by atoms with van der Waals surface area (Å²) in [4.78, 5) is 8.13. The fourth-order valence-electron chi connectivity index (χ4n) is 3.27. The van der Waals surface area contributed by atoms with Crippen LogP contribution in [0.3, 0.4) is 0 Å². The van der Waals surface area contributed by atoms with Crippen molar-refractivity contribution in [3.8, 4) is 16.5 Å². The van der Waals surface area contributed by atoms with E-state index >= 15 is 0 Å². The number of pyridine rings is 1. The Morgan fingerprint density at radius 2 is 1.88 bits per heavy atom. The number of rotatable bonds is 3. The summed E-state index contributed by atoms with van der Waals surface area (Å²) in [6.07, 6.45) is 5.68. The lowest BCUT2D eigenvalue weighted by molar-refractivity contribution is 0.221. The van der Waals surface area contributed by atoms with E-state index in [4.69, 9.17) is 5.26 Å². The molecule has 1 aliphatic heterocycles. The van der Waals surface area contributed by atoms with Gasteiger partial charge in [-0.05, 0) is 49.2 Å². The summed E-state index contributed by atoms with van der Waals surface area (Å²) in [6, 6.07) is 15.1. The number of nitrogens with zero attached hydrogens (tertiary/aromatic N) is 3. The Bertz CT molecular complexity index is 883. The molecule has 0 unspecified atom stereocenters. The molecule has 0 aliphatic carbocycles. The summed E-state index contributed by atoms with van der Waals surface area (Å²) < 4.78 is 1.07. The zero-order chi connectivity index (χ0) is 16.4. The maximum absolute atomic E-state index is 9.00. The number of fused-ring (bicyclic) bond motifs is 1. The van der Waals surface area contributed by atoms with Gasteiger partial charge in [0, 0.05) is 17.6 Å². The second kappa shape index (κ2) is 6.72. The van der Waals surface area contributed by atoms with Gasteiger partial charge in [0.05, 0.1) is 15.8 Å². The lowest BCUT2D eigenvalue weighted by Gasteiger charge is -2.26. The number of hydrogen-bond donors (Lipinski definition) is 0. The second-order valence-corrected chi connectivity index (χ2v) is 7.45. The summed E-state index contributed by atoms with van der Waals surface area (Å²) in [5, 5.41) is 9.00. The lowest BCUT2D eigenvalue weighted by Crippen LogP contribution is -2.28. The van der Waals surface area contributed by atoms with Gasteiger partial charge >= 0.3 is 0 Å². The van der Waals surface area contributed by atoms with Crippen LogP contribution in [-0.2, 0) is 6.54 Å². The van der Waals surface area contributed by atoms with Crippen molar-refractivity contribution in [1.82, 2.24) is 9.88 Å². The summed E-state index contributed by atoms with van der Waals surface area (Å²) >= 11 is 1.70. The van der Waals surface area contributed by atoms with Crippen LogP contribution in [0.15, 0.2) is 42.6 Å². The van der Waals surface area contributed by atoms with E-state index in [-0.39, 0.29) is 0 Å². The Morgan fingerprint density at radius 1 is 1.08 bits per heavy atom. The summed E-state index contributed by atoms with van der Waals surface area (Å²) in [5.41, 5.74) is 4.18. The SMILES string of the molecule is N#Cc1cnc2cc(-c3ccc(CN4CCCCC4)cc3)sc2c1. The van der Waals surface area contributed by atoms with Crippen molar-refractivity contribution in [3.63, 3.8) is 0 Å². The third-order valence-electron chi connectivity index (χ3n) is 4.59. The Kier molecular flexibility index (Phi) is 4.29. The van der Waals surface area contributed by atoms with Crippen molar-refractivity contribution in [2.24, 2.45) is 0 Å². The van der Waals surface area contributed by atoms with Gasteiger partial charge in [-0.15, -0.1) is 11.3 Å². The van der Waals surface area contributed by atoms with Crippen molar-refractivity contribution >= 4 is 21.6 Å². The van der Waals surface area contributed by atoms with Crippen molar-refractivity contribution in [1.29, 1.82) is 5.26 Å². The van der Waals surface area contributed by atoms with Gasteiger partial charge in [-0.2, -0.15) is 5.26 Å². The van der Waals surface area contributed by atoms with Crippen LogP contribution >= 0.6 is 11.3 Å². The Balaban J connectivity index is 1.55. The van der Waals surface area contributed by atoms with Crippen LogP contribution in [0.5, 0.6) is 0 Å². The van der Waals surface area contributed by atoms with Crippen LogP contribution < -0.4 is 0 Å². The number of benzene rings is 1. The predicted octanol–water partition coefficient (Wildman–Crippen LogP) is 4.82. The van der Waals surface area contributed by atoms with E-state index in [1.807, 2.05) is 6.07 Å². The van der Waals surface area contributed by atoms with Gasteiger partial charge < -0.3 is 0 Å². The standard InChI is InChI=1S/C20H19N3S/c21-12-16-10-20-18(22-13-16)11-19(24-20)17-6-4-15(5-7-17)14-23-8-2-1-3-9-23/h4-7,10-11,13H,1-3,8-9,14H2. The van der Waals surface area contributed by atoms with E-state index < -0.39 is 0 Å². The average molecular weight is 333 g/mol. The van der Waals surface area contributed by atoms with E-state index in [1.165, 1.54) is 48.4 Å². The van der Waals surface area contributed by atoms with Gasteiger partial charge in [-0.1, -0.05) is 30.7 Å². The molecule has 0 bridgehead atoms. The number of piperidine rings is 1. The van der Waals surface area contributed by atoms with Gasteiger partial charge in [0.2, 0.25) is 0 Å². The van der Waals surface area contributed by atoms with E-state index in [0.29, 0.717) is 5.56 Å². The zero-order valence-electron chi connectivity index (χ0n) is 13.5. The van der Waals surface area contributed by atoms with Gasteiger partial charge in [0.15, 0.2) is 0 Å². The van der Waals surface area contributed by atoms with Crippen LogP contribution in [0.25, 0.3) is 20.7 Å². The zero-order valence-corrected chi connectivity index (χ0v) is 14.4. The predicted molar refractivity (Wildman–Crippen MR) is 98.9 cm³/mol. The fraction of sp³-hybridized carbons (Fsp3) is 0.300. The molecule has 0 atom stereocenters. The maximum Gasteiger partial charge on any atom is 0.101 e. The molecule has 3 aromatic rings. The molecule has 3 heterocycles. The Hall–Kier alpha value is -2.22. The first-order chi connectivity index (χ1) is 11.8. The molecule has 0 amide bonds. The molecule has 4 rings (SSSR count). The van der Waals surface area contributed by atoms with E-state index in [1.54, 1.807) is 17.5 Å². The first kappa shape index (κ1) is 15.3. The molecule has 2 aromatic heterocycles. The highest BCUT2D eigenvalue weighted by Gasteiger charge is 2.11. The minimum Gasteiger partial charge on any atom is -0.299 e. The van der Waals surface area contributed by atoms with Crippen LogP contribution in [0.4, 0.5) is 0 Å². The van der Waals surface area contributed by atoms with E-state index in [2.05, 4.69) is 46.3 Å². The van der Waals surface area contributed by atoms with Crippen LogP contribution in [-0.4, -0.2) is 23.0 Å². The first-order valence-corrected chi connectivity index (χ1v) is 9.25. The quantitative estimate of drug-likeness (QED) is 0.690. The Morgan fingerprint density at radius 3 is 2.62 bits per heavy atom. The number of aromatic nitrogens is 1. The van der Waals surface area contributed by atoms with Crippen LogP contribution in [0.1, 0.15) is 30.4 Å². The molecule has 1 saturated heterocycles.